The predicted molar refractivity (Wildman–Crippen MR) is 101 cm³/mol. The highest BCUT2D eigenvalue weighted by atomic mass is 19.1. The zero-order valence-electron chi connectivity index (χ0n) is 14.7. The molecular formula is C21H15FN4O2. The lowest BCUT2D eigenvalue weighted by molar-refractivity contribution is 0.0465. The van der Waals surface area contributed by atoms with Crippen molar-refractivity contribution in [1.82, 2.24) is 20.4 Å². The number of H-pyrrole nitrogens is 1. The van der Waals surface area contributed by atoms with Gasteiger partial charge < -0.3 is 4.74 Å². The van der Waals surface area contributed by atoms with Crippen molar-refractivity contribution in [3.05, 3.63) is 90.3 Å². The number of aromatic nitrogens is 4. The van der Waals surface area contributed by atoms with Crippen molar-refractivity contribution in [2.24, 2.45) is 0 Å². The number of ether oxygens (including phenoxy) is 1. The van der Waals surface area contributed by atoms with Crippen molar-refractivity contribution >= 4 is 5.97 Å². The number of nitrogens with zero attached hydrogens (tertiary/aromatic N) is 3. The fourth-order valence-corrected chi connectivity index (χ4v) is 2.86. The summed E-state index contributed by atoms with van der Waals surface area (Å²) in [5, 5.41) is 9.68. The van der Waals surface area contributed by atoms with E-state index in [0.29, 0.717) is 0 Å². The number of aromatic amines is 1. The minimum atomic E-state index is -0.554. The predicted octanol–water partition coefficient (Wildman–Crippen LogP) is 4.03. The molecule has 0 atom stereocenters. The highest BCUT2D eigenvalue weighted by Crippen LogP contribution is 2.33. The Bertz CT molecular complexity index is 1080. The van der Waals surface area contributed by atoms with Crippen LogP contribution in [-0.4, -0.2) is 26.4 Å². The molecular weight excluding hydrogens is 359 g/mol. The number of esters is 1. The molecule has 0 bridgehead atoms. The fourth-order valence-electron chi connectivity index (χ4n) is 2.86. The number of hydrogen-bond acceptors (Lipinski definition) is 5. The first-order chi connectivity index (χ1) is 13.7. The largest absolute Gasteiger partial charge is 0.456 e. The smallest absolute Gasteiger partial charge is 0.360 e. The molecule has 0 aliphatic heterocycles. The maximum atomic E-state index is 13.3. The SMILES string of the molecule is O=C(OCc1ccc(-c2ccc(F)cc2)c(-c2ccncc2)c1)c1cn[nH]n1. The van der Waals surface area contributed by atoms with Crippen LogP contribution in [0.5, 0.6) is 0 Å². The van der Waals surface area contributed by atoms with Crippen molar-refractivity contribution < 1.29 is 13.9 Å². The fraction of sp³-hybridized carbons (Fsp3) is 0.0476. The van der Waals surface area contributed by atoms with Crippen molar-refractivity contribution in [3.63, 3.8) is 0 Å². The summed E-state index contributed by atoms with van der Waals surface area (Å²) in [5.74, 6) is -0.840. The van der Waals surface area contributed by atoms with Gasteiger partial charge in [-0.25, -0.2) is 9.18 Å². The molecule has 1 N–H and O–H groups in total. The second-order valence-electron chi connectivity index (χ2n) is 6.05. The Balaban J connectivity index is 1.66. The molecule has 2 aromatic carbocycles. The molecule has 0 aliphatic carbocycles. The van der Waals surface area contributed by atoms with Crippen LogP contribution in [0.4, 0.5) is 4.39 Å². The van der Waals surface area contributed by atoms with E-state index in [9.17, 15) is 9.18 Å². The number of pyridine rings is 1. The minimum Gasteiger partial charge on any atom is -0.456 e. The third kappa shape index (κ3) is 3.78. The van der Waals surface area contributed by atoms with Gasteiger partial charge in [-0.15, -0.1) is 5.10 Å². The van der Waals surface area contributed by atoms with Crippen molar-refractivity contribution in [2.75, 3.05) is 0 Å². The van der Waals surface area contributed by atoms with E-state index in [2.05, 4.69) is 20.4 Å². The van der Waals surface area contributed by atoms with Crippen LogP contribution < -0.4 is 0 Å². The standard InChI is InChI=1S/C21H15FN4O2/c22-17-4-2-15(3-5-17)18-6-1-14(11-19(18)16-7-9-23-10-8-16)13-28-21(27)20-12-24-26-25-20/h1-12H,13H2,(H,24,25,26). The van der Waals surface area contributed by atoms with E-state index in [4.69, 9.17) is 4.74 Å². The Morgan fingerprint density at radius 2 is 1.71 bits per heavy atom. The number of nitrogens with one attached hydrogen (secondary N) is 1. The summed E-state index contributed by atoms with van der Waals surface area (Å²) in [6, 6.07) is 15.9. The van der Waals surface area contributed by atoms with Gasteiger partial charge in [-0.05, 0) is 58.1 Å². The van der Waals surface area contributed by atoms with E-state index in [1.165, 1.54) is 18.3 Å². The number of carbonyl (C=O) groups excluding carboxylic acids is 1. The number of benzene rings is 2. The number of hydrogen-bond donors (Lipinski definition) is 1. The van der Waals surface area contributed by atoms with Gasteiger partial charge in [-0.3, -0.25) is 4.98 Å². The van der Waals surface area contributed by atoms with Gasteiger partial charge in [0, 0.05) is 12.4 Å². The molecule has 0 unspecified atom stereocenters. The molecule has 28 heavy (non-hydrogen) atoms. The molecule has 0 saturated carbocycles. The number of rotatable bonds is 5. The zero-order valence-corrected chi connectivity index (χ0v) is 14.7. The van der Waals surface area contributed by atoms with Crippen molar-refractivity contribution in [2.45, 2.75) is 6.61 Å². The van der Waals surface area contributed by atoms with Crippen LogP contribution in [0.1, 0.15) is 16.1 Å². The van der Waals surface area contributed by atoms with Gasteiger partial charge in [0.15, 0.2) is 5.69 Å². The van der Waals surface area contributed by atoms with E-state index in [-0.39, 0.29) is 18.1 Å². The maximum absolute atomic E-state index is 13.3. The minimum absolute atomic E-state index is 0.0907. The lowest BCUT2D eigenvalue weighted by Crippen LogP contribution is -2.06. The topological polar surface area (TPSA) is 80.8 Å². The van der Waals surface area contributed by atoms with Crippen molar-refractivity contribution in [1.29, 1.82) is 0 Å². The van der Waals surface area contributed by atoms with Gasteiger partial charge in [-0.1, -0.05) is 24.3 Å². The van der Waals surface area contributed by atoms with Crippen LogP contribution in [-0.2, 0) is 11.3 Å². The van der Waals surface area contributed by atoms with E-state index < -0.39 is 5.97 Å². The Labute approximate surface area is 160 Å². The first-order valence-electron chi connectivity index (χ1n) is 8.53. The molecule has 0 saturated heterocycles. The van der Waals surface area contributed by atoms with Gasteiger partial charge in [-0.2, -0.15) is 10.3 Å². The Hall–Kier alpha value is -3.87. The van der Waals surface area contributed by atoms with Crippen LogP contribution in [0.3, 0.4) is 0 Å². The van der Waals surface area contributed by atoms with Gasteiger partial charge in [0.2, 0.25) is 0 Å². The zero-order chi connectivity index (χ0) is 19.3. The normalized spacial score (nSPS) is 10.6. The molecule has 7 heteroatoms. The highest BCUT2D eigenvalue weighted by Gasteiger charge is 2.13. The second kappa shape index (κ2) is 7.79. The highest BCUT2D eigenvalue weighted by molar-refractivity contribution is 5.87. The average molecular weight is 374 g/mol. The molecule has 4 rings (SSSR count). The van der Waals surface area contributed by atoms with Gasteiger partial charge >= 0.3 is 5.97 Å². The van der Waals surface area contributed by atoms with Crippen molar-refractivity contribution in [3.8, 4) is 22.3 Å². The summed E-state index contributed by atoms with van der Waals surface area (Å²) in [5.41, 5.74) is 4.66. The van der Waals surface area contributed by atoms with Gasteiger partial charge in [0.1, 0.15) is 12.4 Å². The van der Waals surface area contributed by atoms with E-state index >= 15 is 0 Å². The van der Waals surface area contributed by atoms with Crippen LogP contribution in [0, 0.1) is 5.82 Å². The Kier molecular flexibility index (Phi) is 4.88. The molecule has 0 spiro atoms. The molecule has 0 fully saturated rings. The molecule has 4 aromatic rings. The van der Waals surface area contributed by atoms with Gasteiger partial charge in [0.05, 0.1) is 6.20 Å². The molecule has 138 valence electrons. The Morgan fingerprint density at radius 1 is 0.964 bits per heavy atom. The average Bonchev–Trinajstić information content (AvgIpc) is 3.28. The molecule has 2 aromatic heterocycles. The lowest BCUT2D eigenvalue weighted by Gasteiger charge is -2.13. The second-order valence-corrected chi connectivity index (χ2v) is 6.05. The number of carbonyl (C=O) groups is 1. The number of halogens is 1. The third-order valence-corrected chi connectivity index (χ3v) is 4.22. The van der Waals surface area contributed by atoms with Crippen LogP contribution in [0.2, 0.25) is 0 Å². The summed E-state index contributed by atoms with van der Waals surface area (Å²) >= 11 is 0. The quantitative estimate of drug-likeness (QED) is 0.534. The molecule has 0 aliphatic rings. The molecule has 2 heterocycles. The summed E-state index contributed by atoms with van der Waals surface area (Å²) in [6.45, 7) is 0.0907. The monoisotopic (exact) mass is 374 g/mol. The summed E-state index contributed by atoms with van der Waals surface area (Å²) < 4.78 is 18.6. The van der Waals surface area contributed by atoms with E-state index in [1.807, 2.05) is 30.3 Å². The summed E-state index contributed by atoms with van der Waals surface area (Å²) in [7, 11) is 0. The lowest BCUT2D eigenvalue weighted by atomic mass is 9.93. The third-order valence-electron chi connectivity index (χ3n) is 4.22. The van der Waals surface area contributed by atoms with Crippen LogP contribution in [0.15, 0.2) is 73.2 Å². The summed E-state index contributed by atoms with van der Waals surface area (Å²) in [4.78, 5) is 16.0. The van der Waals surface area contributed by atoms with E-state index in [0.717, 1.165) is 27.8 Å². The maximum Gasteiger partial charge on any atom is 0.360 e. The molecule has 0 radical (unpaired) electrons. The summed E-state index contributed by atoms with van der Waals surface area (Å²) in [6.07, 6.45) is 4.73. The Morgan fingerprint density at radius 3 is 2.43 bits per heavy atom. The van der Waals surface area contributed by atoms with Gasteiger partial charge in [0.25, 0.3) is 0 Å². The van der Waals surface area contributed by atoms with Crippen LogP contribution in [0.25, 0.3) is 22.3 Å². The molecule has 0 amide bonds. The van der Waals surface area contributed by atoms with Crippen LogP contribution >= 0.6 is 0 Å². The molecule has 6 nitrogen and oxygen atoms in total. The first kappa shape index (κ1) is 17.5. The first-order valence-corrected chi connectivity index (χ1v) is 8.53. The van der Waals surface area contributed by atoms with E-state index in [1.54, 1.807) is 24.5 Å².